The molecule has 0 atom stereocenters. The van der Waals surface area contributed by atoms with Crippen molar-refractivity contribution in [3.63, 3.8) is 0 Å². The molecule has 0 fully saturated rings. The van der Waals surface area contributed by atoms with E-state index in [1.807, 2.05) is 6.92 Å². The lowest BCUT2D eigenvalue weighted by molar-refractivity contribution is 0.353. The van der Waals surface area contributed by atoms with E-state index in [9.17, 15) is 15.0 Å². The van der Waals surface area contributed by atoms with E-state index in [2.05, 4.69) is 0 Å². The van der Waals surface area contributed by atoms with Gasteiger partial charge in [-0.2, -0.15) is 0 Å². The molecule has 1 heterocycles. The average Bonchev–Trinajstić information content (AvgIpc) is 2.59. The van der Waals surface area contributed by atoms with Gasteiger partial charge < -0.3 is 28.8 Å². The fourth-order valence-corrected chi connectivity index (χ4v) is 2.93. The van der Waals surface area contributed by atoms with E-state index in [-0.39, 0.29) is 34.0 Å². The van der Waals surface area contributed by atoms with E-state index < -0.39 is 5.43 Å². The number of ether oxygens (including phenoxy) is 3. The summed E-state index contributed by atoms with van der Waals surface area (Å²) < 4.78 is 21.7. The molecule has 0 unspecified atom stereocenters. The minimum absolute atomic E-state index is 0.0377. The Morgan fingerprint density at radius 2 is 1.62 bits per heavy atom. The second-order valence-corrected chi connectivity index (χ2v) is 5.66. The van der Waals surface area contributed by atoms with Crippen molar-refractivity contribution >= 4 is 11.0 Å². The molecule has 2 N–H and O–H groups in total. The van der Waals surface area contributed by atoms with E-state index in [0.717, 1.165) is 11.6 Å². The summed E-state index contributed by atoms with van der Waals surface area (Å²) >= 11 is 0. The number of hydrogen-bond donors (Lipinski definition) is 2. The third-order valence-electron chi connectivity index (χ3n) is 4.05. The zero-order valence-corrected chi connectivity index (χ0v) is 14.7. The zero-order valence-electron chi connectivity index (χ0n) is 14.7. The third kappa shape index (κ3) is 2.67. The molecule has 2 aromatic carbocycles. The number of methoxy groups -OCH3 is 3. The molecule has 0 aliphatic rings. The van der Waals surface area contributed by atoms with Crippen LogP contribution in [0.1, 0.15) is 5.56 Å². The van der Waals surface area contributed by atoms with Crippen LogP contribution in [-0.4, -0.2) is 31.5 Å². The van der Waals surface area contributed by atoms with Crippen molar-refractivity contribution in [3.05, 3.63) is 40.1 Å². The van der Waals surface area contributed by atoms with Crippen LogP contribution < -0.4 is 19.6 Å². The summed E-state index contributed by atoms with van der Waals surface area (Å²) in [7, 11) is 4.38. The van der Waals surface area contributed by atoms with Crippen molar-refractivity contribution in [2.24, 2.45) is 0 Å². The van der Waals surface area contributed by atoms with Crippen molar-refractivity contribution in [2.45, 2.75) is 6.92 Å². The lowest BCUT2D eigenvalue weighted by Gasteiger charge is -2.14. The lowest BCUT2D eigenvalue weighted by Crippen LogP contribution is -2.08. The highest BCUT2D eigenvalue weighted by molar-refractivity contribution is 5.88. The molecule has 3 aromatic rings. The van der Waals surface area contributed by atoms with Gasteiger partial charge in [-0.25, -0.2) is 0 Å². The molecule has 7 heteroatoms. The summed E-state index contributed by atoms with van der Waals surface area (Å²) in [6.07, 6.45) is 0. The summed E-state index contributed by atoms with van der Waals surface area (Å²) in [6, 6.07) is 5.74. The van der Waals surface area contributed by atoms with E-state index in [1.165, 1.54) is 27.4 Å². The van der Waals surface area contributed by atoms with E-state index in [4.69, 9.17) is 18.6 Å². The Hall–Kier alpha value is -3.35. The first-order valence-corrected chi connectivity index (χ1v) is 7.71. The normalized spacial score (nSPS) is 10.8. The van der Waals surface area contributed by atoms with Gasteiger partial charge in [0.05, 0.1) is 21.3 Å². The highest BCUT2D eigenvalue weighted by atomic mass is 16.5. The van der Waals surface area contributed by atoms with Crippen molar-refractivity contribution < 1.29 is 28.8 Å². The molecule has 7 nitrogen and oxygen atoms in total. The Labute approximate surface area is 149 Å². The van der Waals surface area contributed by atoms with Gasteiger partial charge in [0, 0.05) is 17.7 Å². The molecular formula is C19H18O7. The number of aryl methyl sites for hydroxylation is 1. The Morgan fingerprint density at radius 1 is 0.923 bits per heavy atom. The molecule has 0 radical (unpaired) electrons. The average molecular weight is 358 g/mol. The van der Waals surface area contributed by atoms with Gasteiger partial charge >= 0.3 is 0 Å². The van der Waals surface area contributed by atoms with Crippen LogP contribution in [0, 0.1) is 6.92 Å². The van der Waals surface area contributed by atoms with Crippen LogP contribution in [0.5, 0.6) is 28.7 Å². The number of benzene rings is 2. The molecule has 1 aromatic heterocycles. The second-order valence-electron chi connectivity index (χ2n) is 5.66. The fraction of sp³-hybridized carbons (Fsp3) is 0.211. The summed E-state index contributed by atoms with van der Waals surface area (Å²) in [4.78, 5) is 12.8. The fourth-order valence-electron chi connectivity index (χ4n) is 2.93. The SMILES string of the molecule is COc1cc(-c2oc3cc(O)cc(O)c3c(=O)c2OC)cc(C)c1OC. The van der Waals surface area contributed by atoms with Gasteiger partial charge in [-0.15, -0.1) is 0 Å². The smallest absolute Gasteiger partial charge is 0.239 e. The number of rotatable bonds is 4. The number of phenolic OH excluding ortho intramolecular Hbond substituents is 2. The number of phenols is 2. The van der Waals surface area contributed by atoms with Gasteiger partial charge in [0.15, 0.2) is 17.3 Å². The van der Waals surface area contributed by atoms with Crippen LogP contribution in [0.25, 0.3) is 22.3 Å². The molecule has 136 valence electrons. The summed E-state index contributed by atoms with van der Waals surface area (Å²) in [5, 5.41) is 19.6. The van der Waals surface area contributed by atoms with Gasteiger partial charge in [0.25, 0.3) is 0 Å². The van der Waals surface area contributed by atoms with Gasteiger partial charge in [-0.05, 0) is 24.6 Å². The first-order valence-electron chi connectivity index (χ1n) is 7.71. The maximum absolute atomic E-state index is 12.8. The number of aromatic hydroxyl groups is 2. The van der Waals surface area contributed by atoms with Crippen LogP contribution in [0.2, 0.25) is 0 Å². The van der Waals surface area contributed by atoms with Crippen LogP contribution in [-0.2, 0) is 0 Å². The summed E-state index contributed by atoms with van der Waals surface area (Å²) in [5.41, 5.74) is 0.786. The molecule has 0 spiro atoms. The Morgan fingerprint density at radius 3 is 2.23 bits per heavy atom. The van der Waals surface area contributed by atoms with Crippen LogP contribution in [0.3, 0.4) is 0 Å². The highest BCUT2D eigenvalue weighted by Crippen LogP contribution is 2.40. The molecule has 0 amide bonds. The molecule has 26 heavy (non-hydrogen) atoms. The van der Waals surface area contributed by atoms with Gasteiger partial charge in [0.1, 0.15) is 22.5 Å². The molecule has 0 aliphatic heterocycles. The third-order valence-corrected chi connectivity index (χ3v) is 4.05. The van der Waals surface area contributed by atoms with Gasteiger partial charge in [0.2, 0.25) is 11.2 Å². The molecule has 0 saturated heterocycles. The Kier molecular flexibility index (Phi) is 4.38. The standard InChI is InChI=1S/C19H18O7/c1-9-5-10(6-14(23-2)17(9)24-3)18-19(25-4)16(22)15-12(21)7-11(20)8-13(15)26-18/h5-8,20-21H,1-4H3. The maximum Gasteiger partial charge on any atom is 0.239 e. The second kappa shape index (κ2) is 6.51. The van der Waals surface area contributed by atoms with Crippen LogP contribution in [0.15, 0.2) is 33.5 Å². The minimum atomic E-state index is -0.548. The van der Waals surface area contributed by atoms with Gasteiger partial charge in [-0.1, -0.05) is 0 Å². The van der Waals surface area contributed by atoms with Crippen LogP contribution in [0.4, 0.5) is 0 Å². The van der Waals surface area contributed by atoms with Crippen molar-refractivity contribution in [3.8, 4) is 40.1 Å². The topological polar surface area (TPSA) is 98.4 Å². The number of hydrogen-bond acceptors (Lipinski definition) is 7. The largest absolute Gasteiger partial charge is 0.508 e. The maximum atomic E-state index is 12.8. The molecule has 0 aliphatic carbocycles. The Bertz CT molecular complexity index is 1050. The number of fused-ring (bicyclic) bond motifs is 1. The van der Waals surface area contributed by atoms with Crippen LogP contribution >= 0.6 is 0 Å². The monoisotopic (exact) mass is 358 g/mol. The molecular weight excluding hydrogens is 340 g/mol. The zero-order chi connectivity index (χ0) is 19.0. The lowest BCUT2D eigenvalue weighted by atomic mass is 10.1. The molecule has 0 saturated carbocycles. The quantitative estimate of drug-likeness (QED) is 0.739. The predicted molar refractivity (Wildman–Crippen MR) is 95.6 cm³/mol. The summed E-state index contributed by atoms with van der Waals surface area (Å²) in [6.45, 7) is 1.83. The van der Waals surface area contributed by atoms with Crippen molar-refractivity contribution in [2.75, 3.05) is 21.3 Å². The predicted octanol–water partition coefficient (Wildman–Crippen LogP) is 3.21. The van der Waals surface area contributed by atoms with Crippen molar-refractivity contribution in [1.29, 1.82) is 0 Å². The minimum Gasteiger partial charge on any atom is -0.508 e. The van der Waals surface area contributed by atoms with Gasteiger partial charge in [-0.3, -0.25) is 4.79 Å². The van der Waals surface area contributed by atoms with E-state index in [1.54, 1.807) is 12.1 Å². The Balaban J connectivity index is 2.39. The first-order chi connectivity index (χ1) is 12.4. The first kappa shape index (κ1) is 17.5. The summed E-state index contributed by atoms with van der Waals surface area (Å²) in [5.74, 6) is 0.503. The highest BCUT2D eigenvalue weighted by Gasteiger charge is 2.22. The molecule has 0 bridgehead atoms. The van der Waals surface area contributed by atoms with E-state index >= 15 is 0 Å². The van der Waals surface area contributed by atoms with Crippen molar-refractivity contribution in [1.82, 2.24) is 0 Å². The van der Waals surface area contributed by atoms with E-state index in [0.29, 0.717) is 17.1 Å². The molecule has 3 rings (SSSR count).